The predicted molar refractivity (Wildman–Crippen MR) is 67.8 cm³/mol. The van der Waals surface area contributed by atoms with E-state index in [-0.39, 0.29) is 5.75 Å². The van der Waals surface area contributed by atoms with Crippen LogP contribution in [-0.2, 0) is 6.54 Å². The third-order valence-corrected chi connectivity index (χ3v) is 4.49. The molecule has 0 radical (unpaired) electrons. The highest BCUT2D eigenvalue weighted by Crippen LogP contribution is 2.46. The number of hydrogen-bond acceptors (Lipinski definition) is 4. The molecule has 88 valence electrons. The van der Waals surface area contributed by atoms with Gasteiger partial charge in [-0.3, -0.25) is 4.98 Å². The molecule has 0 bridgehead atoms. The zero-order chi connectivity index (χ0) is 11.6. The van der Waals surface area contributed by atoms with E-state index in [1.165, 1.54) is 12.8 Å². The first-order valence-corrected chi connectivity index (χ1v) is 6.79. The van der Waals surface area contributed by atoms with Crippen LogP contribution in [0.25, 0.3) is 0 Å². The van der Waals surface area contributed by atoms with Crippen LogP contribution in [0.1, 0.15) is 24.2 Å². The number of rotatable bonds is 5. The van der Waals surface area contributed by atoms with Crippen LogP contribution >= 0.6 is 11.8 Å². The molecule has 4 heteroatoms. The molecular formula is C12H18N2OS. The first kappa shape index (κ1) is 11.7. The Balaban J connectivity index is 1.87. The number of hydrogen-bond donors (Lipinski definition) is 2. The van der Waals surface area contributed by atoms with E-state index in [0.717, 1.165) is 17.9 Å². The van der Waals surface area contributed by atoms with Gasteiger partial charge < -0.3 is 10.4 Å². The van der Waals surface area contributed by atoms with E-state index >= 15 is 0 Å². The standard InChI is InChI=1S/C12H18N2OS/c1-9-3-4-11(15)10(14-9)7-13-8-12(16-2)5-6-12/h3-4,13,15H,5-8H2,1-2H3. The van der Waals surface area contributed by atoms with Crippen LogP contribution in [0.2, 0.25) is 0 Å². The van der Waals surface area contributed by atoms with Crippen molar-refractivity contribution in [3.05, 3.63) is 23.5 Å². The number of aromatic hydroxyl groups is 1. The van der Waals surface area contributed by atoms with E-state index in [0.29, 0.717) is 11.3 Å². The number of pyridine rings is 1. The van der Waals surface area contributed by atoms with Gasteiger partial charge in [-0.1, -0.05) is 0 Å². The minimum atomic E-state index is 0.284. The Morgan fingerprint density at radius 3 is 2.88 bits per heavy atom. The van der Waals surface area contributed by atoms with Crippen LogP contribution in [-0.4, -0.2) is 27.6 Å². The monoisotopic (exact) mass is 238 g/mol. The summed E-state index contributed by atoms with van der Waals surface area (Å²) in [5.74, 6) is 0.284. The molecule has 0 aromatic carbocycles. The van der Waals surface area contributed by atoms with Crippen LogP contribution in [0.4, 0.5) is 0 Å². The Hall–Kier alpha value is -0.740. The predicted octanol–water partition coefficient (Wildman–Crippen LogP) is 2.08. The Kier molecular flexibility index (Phi) is 3.40. The van der Waals surface area contributed by atoms with Gasteiger partial charge in [-0.15, -0.1) is 0 Å². The van der Waals surface area contributed by atoms with Gasteiger partial charge in [0.05, 0.1) is 5.69 Å². The van der Waals surface area contributed by atoms with Gasteiger partial charge in [0.15, 0.2) is 0 Å². The Morgan fingerprint density at radius 2 is 2.25 bits per heavy atom. The molecule has 1 aliphatic carbocycles. The fourth-order valence-corrected chi connectivity index (χ4v) is 2.49. The highest BCUT2D eigenvalue weighted by Gasteiger charge is 2.41. The number of aromatic nitrogens is 1. The molecule has 1 aromatic rings. The van der Waals surface area contributed by atoms with Gasteiger partial charge in [-0.2, -0.15) is 11.8 Å². The first-order valence-electron chi connectivity index (χ1n) is 5.57. The molecule has 0 aliphatic heterocycles. The summed E-state index contributed by atoms with van der Waals surface area (Å²) in [6.45, 7) is 3.59. The summed E-state index contributed by atoms with van der Waals surface area (Å²) in [7, 11) is 0. The quantitative estimate of drug-likeness (QED) is 0.824. The summed E-state index contributed by atoms with van der Waals surface area (Å²) in [6, 6.07) is 3.53. The summed E-state index contributed by atoms with van der Waals surface area (Å²) in [5.41, 5.74) is 1.69. The lowest BCUT2D eigenvalue weighted by atomic mass is 10.3. The molecule has 1 heterocycles. The van der Waals surface area contributed by atoms with Gasteiger partial charge in [-0.25, -0.2) is 0 Å². The van der Waals surface area contributed by atoms with Crippen molar-refractivity contribution < 1.29 is 5.11 Å². The van der Waals surface area contributed by atoms with Gasteiger partial charge in [-0.05, 0) is 38.2 Å². The highest BCUT2D eigenvalue weighted by atomic mass is 32.2. The lowest BCUT2D eigenvalue weighted by Crippen LogP contribution is -2.25. The molecule has 2 N–H and O–H groups in total. The van der Waals surface area contributed by atoms with Crippen molar-refractivity contribution in [3.8, 4) is 5.75 Å². The van der Waals surface area contributed by atoms with Crippen molar-refractivity contribution >= 4 is 11.8 Å². The largest absolute Gasteiger partial charge is 0.506 e. The number of aryl methyl sites for hydroxylation is 1. The summed E-state index contributed by atoms with van der Waals surface area (Å²) < 4.78 is 0.458. The average Bonchev–Trinajstić information content (AvgIpc) is 3.04. The van der Waals surface area contributed by atoms with E-state index < -0.39 is 0 Å². The Morgan fingerprint density at radius 1 is 1.50 bits per heavy atom. The highest BCUT2D eigenvalue weighted by molar-refractivity contribution is 8.00. The van der Waals surface area contributed by atoms with Crippen LogP contribution in [0.15, 0.2) is 12.1 Å². The van der Waals surface area contributed by atoms with Crippen molar-refractivity contribution in [2.24, 2.45) is 0 Å². The fourth-order valence-electron chi connectivity index (χ4n) is 1.73. The second-order valence-electron chi connectivity index (χ2n) is 4.41. The molecular weight excluding hydrogens is 220 g/mol. The lowest BCUT2D eigenvalue weighted by Gasteiger charge is -2.13. The van der Waals surface area contributed by atoms with Crippen LogP contribution < -0.4 is 5.32 Å². The molecule has 0 saturated heterocycles. The zero-order valence-electron chi connectivity index (χ0n) is 9.79. The van der Waals surface area contributed by atoms with E-state index in [1.807, 2.05) is 24.8 Å². The van der Waals surface area contributed by atoms with Crippen molar-refractivity contribution in [2.75, 3.05) is 12.8 Å². The van der Waals surface area contributed by atoms with Crippen LogP contribution in [0.5, 0.6) is 5.75 Å². The van der Waals surface area contributed by atoms with E-state index in [9.17, 15) is 5.11 Å². The Labute approximate surface area is 101 Å². The number of thioether (sulfide) groups is 1. The van der Waals surface area contributed by atoms with Crippen LogP contribution in [0.3, 0.4) is 0 Å². The fraction of sp³-hybridized carbons (Fsp3) is 0.583. The molecule has 1 saturated carbocycles. The van der Waals surface area contributed by atoms with Gasteiger partial charge in [0, 0.05) is 23.5 Å². The van der Waals surface area contributed by atoms with Crippen molar-refractivity contribution in [2.45, 2.75) is 31.1 Å². The van der Waals surface area contributed by atoms with Gasteiger partial charge in [0.2, 0.25) is 0 Å². The second-order valence-corrected chi connectivity index (χ2v) is 5.68. The van der Waals surface area contributed by atoms with Crippen molar-refractivity contribution in [3.63, 3.8) is 0 Å². The molecule has 1 aromatic heterocycles. The molecule has 0 spiro atoms. The number of nitrogens with zero attached hydrogens (tertiary/aromatic N) is 1. The summed E-state index contributed by atoms with van der Waals surface area (Å²) in [5, 5.41) is 13.0. The second kappa shape index (κ2) is 4.63. The maximum Gasteiger partial charge on any atom is 0.138 e. The molecule has 0 amide bonds. The van der Waals surface area contributed by atoms with Gasteiger partial charge in [0.25, 0.3) is 0 Å². The molecule has 0 unspecified atom stereocenters. The maximum atomic E-state index is 9.63. The molecule has 0 atom stereocenters. The van der Waals surface area contributed by atoms with Crippen molar-refractivity contribution in [1.29, 1.82) is 0 Å². The average molecular weight is 238 g/mol. The molecule has 3 nitrogen and oxygen atoms in total. The van der Waals surface area contributed by atoms with Gasteiger partial charge >= 0.3 is 0 Å². The third kappa shape index (κ3) is 2.68. The van der Waals surface area contributed by atoms with E-state index in [1.54, 1.807) is 6.07 Å². The Bertz CT molecular complexity index is 377. The number of nitrogens with one attached hydrogen (secondary N) is 1. The maximum absolute atomic E-state index is 9.63. The lowest BCUT2D eigenvalue weighted by molar-refractivity contribution is 0.459. The third-order valence-electron chi connectivity index (χ3n) is 3.07. The minimum Gasteiger partial charge on any atom is -0.506 e. The smallest absolute Gasteiger partial charge is 0.138 e. The normalized spacial score (nSPS) is 17.4. The van der Waals surface area contributed by atoms with Gasteiger partial charge in [0.1, 0.15) is 5.75 Å². The summed E-state index contributed by atoms with van der Waals surface area (Å²) in [4.78, 5) is 4.32. The van der Waals surface area contributed by atoms with E-state index in [2.05, 4.69) is 16.6 Å². The van der Waals surface area contributed by atoms with E-state index in [4.69, 9.17) is 0 Å². The molecule has 2 rings (SSSR count). The minimum absolute atomic E-state index is 0.284. The SMILES string of the molecule is CSC1(CNCc2nc(C)ccc2O)CC1. The summed E-state index contributed by atoms with van der Waals surface area (Å²) >= 11 is 1.94. The first-order chi connectivity index (χ1) is 7.65. The van der Waals surface area contributed by atoms with Crippen LogP contribution in [0, 0.1) is 6.92 Å². The topological polar surface area (TPSA) is 45.2 Å². The molecule has 1 aliphatic rings. The summed E-state index contributed by atoms with van der Waals surface area (Å²) in [6.07, 6.45) is 4.76. The van der Waals surface area contributed by atoms with Crippen molar-refractivity contribution in [1.82, 2.24) is 10.3 Å². The molecule has 16 heavy (non-hydrogen) atoms. The zero-order valence-corrected chi connectivity index (χ0v) is 10.6. The molecule has 1 fully saturated rings.